The molecule has 152 valence electrons. The molecular weight excluding hydrogens is 394 g/mol. The zero-order valence-electron chi connectivity index (χ0n) is 15.6. The lowest BCUT2D eigenvalue weighted by atomic mass is 9.96. The fourth-order valence-electron chi connectivity index (χ4n) is 4.62. The first-order valence-corrected chi connectivity index (χ1v) is 10.6. The van der Waals surface area contributed by atoms with Gasteiger partial charge in [0.05, 0.1) is 0 Å². The van der Waals surface area contributed by atoms with Gasteiger partial charge in [0.15, 0.2) is 22.4 Å². The molecule has 0 radical (unpaired) electrons. The van der Waals surface area contributed by atoms with Gasteiger partial charge in [-0.15, -0.1) is 0 Å². The van der Waals surface area contributed by atoms with Gasteiger partial charge < -0.3 is 19.9 Å². The summed E-state index contributed by atoms with van der Waals surface area (Å²) in [6.45, 7) is 0.897. The second-order valence-electron chi connectivity index (χ2n) is 7.74. The van der Waals surface area contributed by atoms with Crippen LogP contribution < -0.4 is 20.1 Å². The van der Waals surface area contributed by atoms with E-state index < -0.39 is 6.09 Å². The molecule has 3 atom stereocenters. The molecule has 1 aromatic carbocycles. The van der Waals surface area contributed by atoms with Crippen LogP contribution in [-0.2, 0) is 0 Å². The lowest BCUT2D eigenvalue weighted by Gasteiger charge is -2.22. The maximum Gasteiger partial charge on any atom is 0.410 e. The molecule has 2 heterocycles. The van der Waals surface area contributed by atoms with E-state index in [4.69, 9.17) is 14.6 Å². The Morgan fingerprint density at radius 3 is 2.69 bits per heavy atom. The summed E-state index contributed by atoms with van der Waals surface area (Å²) >= 11 is 1.19. The Balaban J connectivity index is 1.42. The summed E-state index contributed by atoms with van der Waals surface area (Å²) in [5.41, 5.74) is 0.401. The van der Waals surface area contributed by atoms with E-state index in [9.17, 15) is 9.59 Å². The predicted octanol–water partition coefficient (Wildman–Crippen LogP) is 3.84. The Kier molecular flexibility index (Phi) is 4.54. The molecule has 0 spiro atoms. The van der Waals surface area contributed by atoms with Crippen LogP contribution in [0.5, 0.6) is 11.5 Å². The molecule has 5 rings (SSSR count). The zero-order chi connectivity index (χ0) is 20.0. The van der Waals surface area contributed by atoms with Gasteiger partial charge in [-0.25, -0.2) is 9.78 Å². The monoisotopic (exact) mass is 415 g/mol. The highest BCUT2D eigenvalue weighted by Gasteiger charge is 2.40. The third-order valence-electron chi connectivity index (χ3n) is 5.91. The Labute approximate surface area is 171 Å². The van der Waals surface area contributed by atoms with Gasteiger partial charge >= 0.3 is 6.09 Å². The lowest BCUT2D eigenvalue weighted by Crippen LogP contribution is -2.25. The van der Waals surface area contributed by atoms with Gasteiger partial charge in [-0.3, -0.25) is 10.1 Å². The number of benzene rings is 1. The fraction of sp³-hybridized carbons (Fsp3) is 0.450. The van der Waals surface area contributed by atoms with E-state index in [-0.39, 0.29) is 16.5 Å². The van der Waals surface area contributed by atoms with E-state index in [1.54, 1.807) is 18.2 Å². The van der Waals surface area contributed by atoms with Crippen molar-refractivity contribution in [3.63, 3.8) is 0 Å². The summed E-state index contributed by atoms with van der Waals surface area (Å²) < 4.78 is 11.1. The molecule has 0 saturated heterocycles. The Bertz CT molecular complexity index is 975. The van der Waals surface area contributed by atoms with E-state index in [2.05, 4.69) is 15.6 Å². The molecule has 29 heavy (non-hydrogen) atoms. The maximum absolute atomic E-state index is 13.1. The van der Waals surface area contributed by atoms with Crippen molar-refractivity contribution in [2.75, 3.05) is 23.8 Å². The van der Waals surface area contributed by atoms with Crippen LogP contribution in [-0.4, -0.2) is 41.2 Å². The minimum Gasteiger partial charge on any atom is -0.486 e. The second kappa shape index (κ2) is 7.22. The van der Waals surface area contributed by atoms with Gasteiger partial charge in [-0.2, -0.15) is 0 Å². The summed E-state index contributed by atoms with van der Waals surface area (Å²) in [6, 6.07) is 5.32. The van der Waals surface area contributed by atoms with E-state index in [0.717, 1.165) is 12.3 Å². The molecule has 9 heteroatoms. The normalized spacial score (nSPS) is 24.3. The van der Waals surface area contributed by atoms with Crippen molar-refractivity contribution in [3.8, 4) is 11.5 Å². The van der Waals surface area contributed by atoms with E-state index in [1.807, 2.05) is 0 Å². The first-order chi connectivity index (χ1) is 14.1. The van der Waals surface area contributed by atoms with Crippen LogP contribution in [0, 0.1) is 11.8 Å². The second-order valence-corrected chi connectivity index (χ2v) is 8.74. The topological polar surface area (TPSA) is 110 Å². The van der Waals surface area contributed by atoms with Gasteiger partial charge in [0, 0.05) is 11.6 Å². The summed E-state index contributed by atoms with van der Waals surface area (Å²) in [5.74, 6) is 2.28. The van der Waals surface area contributed by atoms with Crippen molar-refractivity contribution in [2.24, 2.45) is 11.8 Å². The standard InChI is InChI=1S/C20H21N3O5S/c24-16(12-3-4-14-15(9-12)28-6-5-27-14)17-18(23-20(25)26)22-19(29-17)21-13-8-10-1-2-11(13)7-10/h3-4,9-11,13,23H,1-2,5-8H2,(H,21,22)(H,25,26)/t10?,11?,13-/m0/s1. The van der Waals surface area contributed by atoms with Crippen LogP contribution in [0.2, 0.25) is 0 Å². The lowest BCUT2D eigenvalue weighted by molar-refractivity contribution is 0.104. The molecule has 3 N–H and O–H groups in total. The molecule has 1 aliphatic heterocycles. The summed E-state index contributed by atoms with van der Waals surface area (Å²) in [4.78, 5) is 29.0. The number of rotatable bonds is 5. The number of amides is 1. The SMILES string of the molecule is O=C(O)Nc1nc(N[C@H]2CC3CCC2C3)sc1C(=O)c1ccc2c(c1)OCCO2. The van der Waals surface area contributed by atoms with Crippen molar-refractivity contribution in [3.05, 3.63) is 28.6 Å². The van der Waals surface area contributed by atoms with E-state index in [0.29, 0.717) is 47.4 Å². The van der Waals surface area contributed by atoms with Gasteiger partial charge in [-0.1, -0.05) is 17.8 Å². The number of carboxylic acid groups (broad SMARTS) is 1. The maximum atomic E-state index is 13.1. The molecule has 1 amide bonds. The average molecular weight is 415 g/mol. The first kappa shape index (κ1) is 18.2. The van der Waals surface area contributed by atoms with Crippen LogP contribution in [0.25, 0.3) is 0 Å². The minimum atomic E-state index is -1.25. The Morgan fingerprint density at radius 2 is 1.97 bits per heavy atom. The number of nitrogens with one attached hydrogen (secondary N) is 2. The smallest absolute Gasteiger partial charge is 0.410 e. The molecule has 2 aliphatic carbocycles. The number of fused-ring (bicyclic) bond motifs is 3. The Morgan fingerprint density at radius 1 is 1.14 bits per heavy atom. The van der Waals surface area contributed by atoms with Crippen molar-refractivity contribution in [1.29, 1.82) is 0 Å². The predicted molar refractivity (Wildman–Crippen MR) is 107 cm³/mol. The van der Waals surface area contributed by atoms with E-state index >= 15 is 0 Å². The largest absolute Gasteiger partial charge is 0.486 e. The van der Waals surface area contributed by atoms with Crippen LogP contribution in [0.4, 0.5) is 15.7 Å². The average Bonchev–Trinajstić information content (AvgIpc) is 3.43. The number of hydrogen-bond acceptors (Lipinski definition) is 7. The first-order valence-electron chi connectivity index (χ1n) is 9.78. The number of ketones is 1. The number of nitrogens with zero attached hydrogens (tertiary/aromatic N) is 1. The van der Waals surface area contributed by atoms with Gasteiger partial charge in [-0.05, 0) is 49.3 Å². The van der Waals surface area contributed by atoms with Gasteiger partial charge in [0.2, 0.25) is 5.78 Å². The highest BCUT2D eigenvalue weighted by Crippen LogP contribution is 2.46. The molecule has 3 aliphatic rings. The number of ether oxygens (including phenoxy) is 2. The molecule has 2 unspecified atom stereocenters. The summed E-state index contributed by atoms with van der Waals surface area (Å²) in [7, 11) is 0. The molecular formula is C20H21N3O5S. The molecule has 2 bridgehead atoms. The van der Waals surface area contributed by atoms with Gasteiger partial charge in [0.25, 0.3) is 0 Å². The molecule has 2 fully saturated rings. The molecule has 8 nitrogen and oxygen atoms in total. The number of anilines is 2. The Hall–Kier alpha value is -2.81. The van der Waals surface area contributed by atoms with Crippen molar-refractivity contribution >= 4 is 34.2 Å². The highest BCUT2D eigenvalue weighted by molar-refractivity contribution is 7.18. The minimum absolute atomic E-state index is 0.0630. The number of thiazole rings is 1. The third-order valence-corrected chi connectivity index (χ3v) is 6.90. The third kappa shape index (κ3) is 3.50. The van der Waals surface area contributed by atoms with Crippen LogP contribution in [0.1, 0.15) is 40.9 Å². The zero-order valence-corrected chi connectivity index (χ0v) is 16.5. The summed E-state index contributed by atoms with van der Waals surface area (Å²) in [5, 5.41) is 15.4. The van der Waals surface area contributed by atoms with Crippen LogP contribution in [0.3, 0.4) is 0 Å². The molecule has 2 aromatic rings. The molecule has 1 aromatic heterocycles. The highest BCUT2D eigenvalue weighted by atomic mass is 32.1. The number of carbonyl (C=O) groups is 2. The number of hydrogen-bond donors (Lipinski definition) is 3. The molecule has 2 saturated carbocycles. The van der Waals surface area contributed by atoms with Crippen molar-refractivity contribution in [2.45, 2.75) is 31.7 Å². The summed E-state index contributed by atoms with van der Waals surface area (Å²) in [6.07, 6.45) is 3.61. The van der Waals surface area contributed by atoms with Crippen LogP contribution in [0.15, 0.2) is 18.2 Å². The van der Waals surface area contributed by atoms with Crippen molar-refractivity contribution in [1.82, 2.24) is 4.98 Å². The van der Waals surface area contributed by atoms with Crippen molar-refractivity contribution < 1.29 is 24.2 Å². The van der Waals surface area contributed by atoms with Crippen LogP contribution >= 0.6 is 11.3 Å². The number of aromatic nitrogens is 1. The quantitative estimate of drug-likeness (QED) is 0.637. The fourth-order valence-corrected chi connectivity index (χ4v) is 5.56. The number of carbonyl (C=O) groups excluding carboxylic acids is 1. The van der Waals surface area contributed by atoms with E-state index in [1.165, 1.54) is 30.6 Å². The van der Waals surface area contributed by atoms with Gasteiger partial charge in [0.1, 0.15) is 18.1 Å².